The molecule has 71 heavy (non-hydrogen) atoms. The van der Waals surface area contributed by atoms with Gasteiger partial charge in [0, 0.05) is 12.8 Å². The third kappa shape index (κ3) is 57.6. The minimum atomic E-state index is -4.63. The number of allylic oxidation sites excluding steroid dienone is 4. The van der Waals surface area contributed by atoms with Crippen molar-refractivity contribution in [3.05, 3.63) is 24.3 Å². The summed E-state index contributed by atoms with van der Waals surface area (Å²) < 4.78 is 34.2. The van der Waals surface area contributed by atoms with Crippen LogP contribution < -0.4 is 4.89 Å². The van der Waals surface area contributed by atoms with E-state index < -0.39 is 26.5 Å². The predicted octanol–water partition coefficient (Wildman–Crippen LogP) is 18.4. The van der Waals surface area contributed by atoms with Crippen LogP contribution in [-0.2, 0) is 32.7 Å². The van der Waals surface area contributed by atoms with Crippen molar-refractivity contribution >= 4 is 19.8 Å². The summed E-state index contributed by atoms with van der Waals surface area (Å²) in [4.78, 5) is 37.9. The number of unbranched alkanes of at least 4 members (excludes halogenated alkanes) is 39. The lowest BCUT2D eigenvalue weighted by Crippen LogP contribution is -2.37. The van der Waals surface area contributed by atoms with Crippen LogP contribution in [0, 0.1) is 0 Å². The number of esters is 2. The molecule has 0 N–H and O–H groups in total. The first kappa shape index (κ1) is 69.5. The molecule has 0 saturated heterocycles. The lowest BCUT2D eigenvalue weighted by molar-refractivity contribution is -0.870. The molecule has 420 valence electrons. The normalized spacial score (nSPS) is 13.4. The molecule has 10 heteroatoms. The summed E-state index contributed by atoms with van der Waals surface area (Å²) in [5, 5.41) is 0. The largest absolute Gasteiger partial charge is 0.756 e. The summed E-state index contributed by atoms with van der Waals surface area (Å²) in [5.41, 5.74) is 0. The van der Waals surface area contributed by atoms with Gasteiger partial charge in [0.15, 0.2) is 6.10 Å². The molecule has 0 aliphatic heterocycles. The highest BCUT2D eigenvalue weighted by molar-refractivity contribution is 7.45. The van der Waals surface area contributed by atoms with Crippen LogP contribution in [0.1, 0.15) is 303 Å². The molecule has 0 saturated carbocycles. The Hall–Kier alpha value is -1.51. The zero-order valence-corrected chi connectivity index (χ0v) is 48.6. The minimum Gasteiger partial charge on any atom is -0.756 e. The summed E-state index contributed by atoms with van der Waals surface area (Å²) in [7, 11) is 1.18. The van der Waals surface area contributed by atoms with Crippen LogP contribution in [0.2, 0.25) is 0 Å². The number of carbonyl (C=O) groups excluding carboxylic acids is 2. The van der Waals surface area contributed by atoms with E-state index in [4.69, 9.17) is 18.5 Å². The number of quaternary nitrogens is 1. The highest BCUT2D eigenvalue weighted by Gasteiger charge is 2.22. The molecule has 0 bridgehead atoms. The van der Waals surface area contributed by atoms with Crippen LogP contribution in [0.5, 0.6) is 0 Å². The maximum absolute atomic E-state index is 12.8. The second-order valence-electron chi connectivity index (χ2n) is 22.1. The van der Waals surface area contributed by atoms with Gasteiger partial charge in [-0.2, -0.15) is 0 Å². The maximum atomic E-state index is 12.8. The molecule has 0 rings (SSSR count). The van der Waals surface area contributed by atoms with Crippen molar-refractivity contribution in [1.82, 2.24) is 0 Å². The quantitative estimate of drug-likeness (QED) is 0.0195. The molecular weight excluding hydrogens is 906 g/mol. The predicted molar refractivity (Wildman–Crippen MR) is 301 cm³/mol. The third-order valence-corrected chi connectivity index (χ3v) is 14.7. The number of hydrogen-bond donors (Lipinski definition) is 0. The molecule has 0 radical (unpaired) electrons. The van der Waals surface area contributed by atoms with Gasteiger partial charge in [-0.3, -0.25) is 14.2 Å². The lowest BCUT2D eigenvalue weighted by atomic mass is 10.0. The average Bonchev–Trinajstić information content (AvgIpc) is 3.33. The topological polar surface area (TPSA) is 111 Å². The van der Waals surface area contributed by atoms with Gasteiger partial charge in [-0.25, -0.2) is 0 Å². The van der Waals surface area contributed by atoms with E-state index >= 15 is 0 Å². The summed E-state index contributed by atoms with van der Waals surface area (Å²) in [6.07, 6.45) is 63.7. The van der Waals surface area contributed by atoms with Gasteiger partial charge in [-0.1, -0.05) is 269 Å². The molecule has 0 aromatic carbocycles. The van der Waals surface area contributed by atoms with Gasteiger partial charge >= 0.3 is 11.9 Å². The molecule has 0 amide bonds. The van der Waals surface area contributed by atoms with Crippen LogP contribution in [0.15, 0.2) is 24.3 Å². The fourth-order valence-corrected chi connectivity index (χ4v) is 9.71. The highest BCUT2D eigenvalue weighted by Crippen LogP contribution is 2.38. The van der Waals surface area contributed by atoms with E-state index in [0.717, 1.165) is 38.5 Å². The molecule has 0 aromatic heterocycles. The zero-order chi connectivity index (χ0) is 52.0. The number of rotatable bonds is 57. The maximum Gasteiger partial charge on any atom is 0.306 e. The number of likely N-dealkylation sites (N-methyl/N-ethyl adjacent to an activating group) is 1. The number of phosphoric acid groups is 1. The fraction of sp³-hybridized carbons (Fsp3) is 0.902. The summed E-state index contributed by atoms with van der Waals surface area (Å²) in [6, 6.07) is 0. The van der Waals surface area contributed by atoms with E-state index in [2.05, 4.69) is 38.2 Å². The first-order valence-electron chi connectivity index (χ1n) is 30.5. The van der Waals surface area contributed by atoms with Crippen LogP contribution in [-0.4, -0.2) is 70.0 Å². The van der Waals surface area contributed by atoms with Gasteiger partial charge in [-0.15, -0.1) is 0 Å². The van der Waals surface area contributed by atoms with Crippen molar-refractivity contribution < 1.29 is 42.1 Å². The van der Waals surface area contributed by atoms with E-state index in [-0.39, 0.29) is 32.0 Å². The monoisotopic (exact) mass is 1020 g/mol. The van der Waals surface area contributed by atoms with Crippen LogP contribution in [0.4, 0.5) is 0 Å². The summed E-state index contributed by atoms with van der Waals surface area (Å²) in [6.45, 7) is 4.29. The van der Waals surface area contributed by atoms with Crippen molar-refractivity contribution in [3.8, 4) is 0 Å². The van der Waals surface area contributed by atoms with Gasteiger partial charge in [-0.05, 0) is 44.9 Å². The molecule has 0 fully saturated rings. The molecule has 2 unspecified atom stereocenters. The van der Waals surface area contributed by atoms with E-state index in [1.54, 1.807) is 0 Å². The van der Waals surface area contributed by atoms with Crippen LogP contribution in [0.3, 0.4) is 0 Å². The second-order valence-corrected chi connectivity index (χ2v) is 23.5. The van der Waals surface area contributed by atoms with E-state index in [1.165, 1.54) is 231 Å². The Morgan fingerprint density at radius 2 is 0.761 bits per heavy atom. The Kier molecular flexibility index (Phi) is 52.2. The van der Waals surface area contributed by atoms with Crippen molar-refractivity contribution in [2.75, 3.05) is 47.5 Å². The van der Waals surface area contributed by atoms with Crippen molar-refractivity contribution in [2.24, 2.45) is 0 Å². The Labute approximate surface area is 440 Å². The van der Waals surface area contributed by atoms with E-state index in [1.807, 2.05) is 21.1 Å². The van der Waals surface area contributed by atoms with Crippen molar-refractivity contribution in [3.63, 3.8) is 0 Å². The molecule has 9 nitrogen and oxygen atoms in total. The summed E-state index contributed by atoms with van der Waals surface area (Å²) in [5.74, 6) is -0.815. The zero-order valence-electron chi connectivity index (χ0n) is 47.7. The number of phosphoric ester groups is 1. The van der Waals surface area contributed by atoms with Crippen molar-refractivity contribution in [1.29, 1.82) is 0 Å². The van der Waals surface area contributed by atoms with Gasteiger partial charge in [0.05, 0.1) is 27.7 Å². The fourth-order valence-electron chi connectivity index (χ4n) is 8.98. The highest BCUT2D eigenvalue weighted by atomic mass is 31.2. The molecule has 0 heterocycles. The minimum absolute atomic E-state index is 0.0276. The smallest absolute Gasteiger partial charge is 0.306 e. The SMILES string of the molecule is CCCCCCC/C=C\C/C=C\CCCCCCCCCCCCCCCCCC(=O)OC(COC(=O)CCCCCCCCCCCCCCCCCCCCCC)COP(=O)([O-])OCC[N+](C)(C)C. The molecule has 0 aromatic rings. The van der Waals surface area contributed by atoms with Crippen LogP contribution in [0.25, 0.3) is 0 Å². The van der Waals surface area contributed by atoms with E-state index in [0.29, 0.717) is 17.4 Å². The second kappa shape index (κ2) is 53.3. The Bertz CT molecular complexity index is 1250. The number of ether oxygens (including phenoxy) is 2. The molecule has 2 atom stereocenters. The molecular formula is C61H118NO8P. The number of nitrogens with zero attached hydrogens (tertiary/aromatic N) is 1. The first-order chi connectivity index (χ1) is 34.5. The molecule has 0 aliphatic carbocycles. The van der Waals surface area contributed by atoms with Gasteiger partial charge < -0.3 is 27.9 Å². The van der Waals surface area contributed by atoms with Crippen molar-refractivity contribution in [2.45, 2.75) is 309 Å². The van der Waals surface area contributed by atoms with Gasteiger partial charge in [0.25, 0.3) is 7.82 Å². The first-order valence-corrected chi connectivity index (χ1v) is 32.0. The van der Waals surface area contributed by atoms with E-state index in [9.17, 15) is 19.0 Å². The Morgan fingerprint density at radius 1 is 0.437 bits per heavy atom. The molecule has 0 spiro atoms. The number of carbonyl (C=O) groups is 2. The molecule has 0 aliphatic rings. The standard InChI is InChI=1S/C61H118NO8P/c1-6-8-10-12-14-16-18-20-22-24-26-28-29-30-31-32-33-34-36-38-40-42-44-46-48-50-52-54-61(64)70-59(58-69-71(65,66)68-56-55-62(3,4)5)57-67-60(63)53-51-49-47-45-43-41-39-37-35-27-25-23-21-19-17-15-13-11-9-7-2/h18,20,24,26,59H,6-17,19,21-23,25,27-58H2,1-5H3/b20-18-,26-24-. The number of hydrogen-bond acceptors (Lipinski definition) is 8. The Morgan fingerprint density at radius 3 is 1.11 bits per heavy atom. The third-order valence-electron chi connectivity index (χ3n) is 13.7. The lowest BCUT2D eigenvalue weighted by Gasteiger charge is -2.28. The van der Waals surface area contributed by atoms with Crippen LogP contribution >= 0.6 is 7.82 Å². The van der Waals surface area contributed by atoms with Gasteiger partial charge in [0.2, 0.25) is 0 Å². The Balaban J connectivity index is 4.09. The summed E-state index contributed by atoms with van der Waals surface area (Å²) >= 11 is 0. The van der Waals surface area contributed by atoms with Gasteiger partial charge in [0.1, 0.15) is 19.8 Å². The average molecular weight is 1020 g/mol.